The molecule has 0 spiro atoms. The summed E-state index contributed by atoms with van der Waals surface area (Å²) in [6, 6.07) is 9.05. The van der Waals surface area contributed by atoms with E-state index in [9.17, 15) is 14.3 Å². The predicted octanol–water partition coefficient (Wildman–Crippen LogP) is 3.99. The Labute approximate surface area is 123 Å². The van der Waals surface area contributed by atoms with E-state index >= 15 is 0 Å². The van der Waals surface area contributed by atoms with Crippen LogP contribution in [-0.2, 0) is 4.79 Å². The second-order valence-corrected chi connectivity index (χ2v) is 5.22. The van der Waals surface area contributed by atoms with Gasteiger partial charge in [0, 0.05) is 5.69 Å². The summed E-state index contributed by atoms with van der Waals surface area (Å²) in [5, 5.41) is 12.4. The van der Waals surface area contributed by atoms with E-state index in [1.165, 1.54) is 12.1 Å². The topological polar surface area (TPSA) is 49.3 Å². The van der Waals surface area contributed by atoms with Crippen molar-refractivity contribution < 1.29 is 14.3 Å². The number of halogens is 1. The Morgan fingerprint density at radius 1 is 1.19 bits per heavy atom. The fourth-order valence-electron chi connectivity index (χ4n) is 2.35. The van der Waals surface area contributed by atoms with Crippen LogP contribution in [-0.4, -0.2) is 11.1 Å². The molecular weight excluding hydrogens is 269 g/mol. The van der Waals surface area contributed by atoms with Crippen molar-refractivity contribution in [3.05, 3.63) is 64.5 Å². The molecule has 0 aliphatic carbocycles. The van der Waals surface area contributed by atoms with Crippen LogP contribution in [0.4, 0.5) is 10.1 Å². The van der Waals surface area contributed by atoms with Crippen molar-refractivity contribution in [2.24, 2.45) is 0 Å². The first-order valence-corrected chi connectivity index (χ1v) is 6.71. The van der Waals surface area contributed by atoms with Gasteiger partial charge in [-0.15, -0.1) is 0 Å². The van der Waals surface area contributed by atoms with E-state index in [0.717, 1.165) is 16.7 Å². The van der Waals surface area contributed by atoms with Gasteiger partial charge in [0.25, 0.3) is 0 Å². The fourth-order valence-corrected chi connectivity index (χ4v) is 2.35. The van der Waals surface area contributed by atoms with Crippen LogP contribution < -0.4 is 5.32 Å². The summed E-state index contributed by atoms with van der Waals surface area (Å²) >= 11 is 0. The monoisotopic (exact) mass is 287 g/mol. The zero-order valence-electron chi connectivity index (χ0n) is 12.3. The highest BCUT2D eigenvalue weighted by Gasteiger charge is 2.22. The van der Waals surface area contributed by atoms with Crippen molar-refractivity contribution in [1.29, 1.82) is 0 Å². The Kier molecular flexibility index (Phi) is 4.26. The van der Waals surface area contributed by atoms with Gasteiger partial charge in [-0.05, 0) is 61.2 Å². The number of nitrogens with one attached hydrogen (secondary N) is 1. The molecule has 2 aromatic rings. The third kappa shape index (κ3) is 3.40. The minimum absolute atomic E-state index is 0.386. The van der Waals surface area contributed by atoms with Crippen LogP contribution in [0.25, 0.3) is 0 Å². The normalized spacial score (nSPS) is 12.0. The Morgan fingerprint density at radius 3 is 2.52 bits per heavy atom. The number of anilines is 1. The second kappa shape index (κ2) is 5.95. The average Bonchev–Trinajstić information content (AvgIpc) is 2.38. The van der Waals surface area contributed by atoms with Crippen molar-refractivity contribution in [3.63, 3.8) is 0 Å². The standard InChI is InChI=1S/C17H18FNO2/c1-10-7-13(18)9-14(8-10)19-16(17(20)21)15-6-4-5-11(2)12(15)3/h4-9,16,19H,1-3H3,(H,20,21). The largest absolute Gasteiger partial charge is 0.479 e. The summed E-state index contributed by atoms with van der Waals surface area (Å²) in [6.45, 7) is 5.59. The molecule has 0 radical (unpaired) electrons. The quantitative estimate of drug-likeness (QED) is 0.894. The molecule has 0 saturated heterocycles. The lowest BCUT2D eigenvalue weighted by atomic mass is 9.97. The maximum absolute atomic E-state index is 13.4. The summed E-state index contributed by atoms with van der Waals surface area (Å²) in [5.41, 5.74) is 3.83. The minimum Gasteiger partial charge on any atom is -0.479 e. The molecule has 0 aromatic heterocycles. The van der Waals surface area contributed by atoms with Gasteiger partial charge in [-0.25, -0.2) is 9.18 Å². The fraction of sp³-hybridized carbons (Fsp3) is 0.235. The number of carbonyl (C=O) groups is 1. The van der Waals surface area contributed by atoms with E-state index in [1.807, 2.05) is 26.0 Å². The van der Waals surface area contributed by atoms with Crippen molar-refractivity contribution in [2.45, 2.75) is 26.8 Å². The molecule has 0 bridgehead atoms. The number of carboxylic acid groups (broad SMARTS) is 1. The van der Waals surface area contributed by atoms with Gasteiger partial charge in [0.15, 0.2) is 6.04 Å². The van der Waals surface area contributed by atoms with Crippen LogP contribution in [0.5, 0.6) is 0 Å². The van der Waals surface area contributed by atoms with Gasteiger partial charge in [-0.2, -0.15) is 0 Å². The number of hydrogen-bond acceptors (Lipinski definition) is 2. The predicted molar refractivity (Wildman–Crippen MR) is 81.1 cm³/mol. The first kappa shape index (κ1) is 15.0. The maximum atomic E-state index is 13.4. The van der Waals surface area contributed by atoms with Gasteiger partial charge in [0.1, 0.15) is 5.82 Å². The first-order chi connectivity index (χ1) is 9.88. The molecule has 4 heteroatoms. The van der Waals surface area contributed by atoms with Gasteiger partial charge in [0.05, 0.1) is 0 Å². The molecular formula is C17H18FNO2. The molecule has 2 N–H and O–H groups in total. The number of aliphatic carboxylic acids is 1. The lowest BCUT2D eigenvalue weighted by Gasteiger charge is -2.19. The van der Waals surface area contributed by atoms with Crippen LogP contribution in [0.2, 0.25) is 0 Å². The molecule has 21 heavy (non-hydrogen) atoms. The highest BCUT2D eigenvalue weighted by Crippen LogP contribution is 2.25. The highest BCUT2D eigenvalue weighted by atomic mass is 19.1. The van der Waals surface area contributed by atoms with E-state index < -0.39 is 12.0 Å². The maximum Gasteiger partial charge on any atom is 0.330 e. The Balaban J connectivity index is 2.40. The molecule has 0 fully saturated rings. The second-order valence-electron chi connectivity index (χ2n) is 5.22. The van der Waals surface area contributed by atoms with E-state index in [-0.39, 0.29) is 5.82 Å². The molecule has 2 aromatic carbocycles. The number of aryl methyl sites for hydroxylation is 2. The van der Waals surface area contributed by atoms with E-state index in [0.29, 0.717) is 11.3 Å². The van der Waals surface area contributed by atoms with Gasteiger partial charge in [-0.3, -0.25) is 0 Å². The zero-order chi connectivity index (χ0) is 15.6. The Morgan fingerprint density at radius 2 is 1.90 bits per heavy atom. The van der Waals surface area contributed by atoms with Gasteiger partial charge >= 0.3 is 5.97 Å². The molecule has 0 saturated carbocycles. The molecule has 1 atom stereocenters. The minimum atomic E-state index is -0.995. The Bertz CT molecular complexity index is 662. The molecule has 3 nitrogen and oxygen atoms in total. The molecule has 1 unspecified atom stereocenters. The van der Waals surface area contributed by atoms with Crippen molar-refractivity contribution >= 4 is 11.7 Å². The van der Waals surface area contributed by atoms with Crippen LogP contribution in [0.1, 0.15) is 28.3 Å². The smallest absolute Gasteiger partial charge is 0.330 e. The number of hydrogen-bond donors (Lipinski definition) is 2. The first-order valence-electron chi connectivity index (χ1n) is 6.71. The Hall–Kier alpha value is -2.36. The number of benzene rings is 2. The average molecular weight is 287 g/mol. The summed E-state index contributed by atoms with van der Waals surface area (Å²) in [6.07, 6.45) is 0. The van der Waals surface area contributed by atoms with Crippen LogP contribution >= 0.6 is 0 Å². The lowest BCUT2D eigenvalue weighted by molar-refractivity contribution is -0.138. The van der Waals surface area contributed by atoms with Gasteiger partial charge < -0.3 is 10.4 Å². The molecule has 110 valence electrons. The SMILES string of the molecule is Cc1cc(F)cc(NC(C(=O)O)c2cccc(C)c2C)c1. The summed E-state index contributed by atoms with van der Waals surface area (Å²) in [5.74, 6) is -1.38. The van der Waals surface area contributed by atoms with Crippen molar-refractivity contribution in [3.8, 4) is 0 Å². The van der Waals surface area contributed by atoms with Gasteiger partial charge in [-0.1, -0.05) is 18.2 Å². The van der Waals surface area contributed by atoms with E-state index in [2.05, 4.69) is 5.32 Å². The van der Waals surface area contributed by atoms with E-state index in [4.69, 9.17) is 0 Å². The number of rotatable bonds is 4. The van der Waals surface area contributed by atoms with Crippen LogP contribution in [0, 0.1) is 26.6 Å². The van der Waals surface area contributed by atoms with Gasteiger partial charge in [0.2, 0.25) is 0 Å². The molecule has 0 amide bonds. The summed E-state index contributed by atoms with van der Waals surface area (Å²) in [4.78, 5) is 11.6. The summed E-state index contributed by atoms with van der Waals surface area (Å²) < 4.78 is 13.4. The lowest BCUT2D eigenvalue weighted by Crippen LogP contribution is -2.21. The van der Waals surface area contributed by atoms with E-state index in [1.54, 1.807) is 19.1 Å². The van der Waals surface area contributed by atoms with Crippen molar-refractivity contribution in [2.75, 3.05) is 5.32 Å². The van der Waals surface area contributed by atoms with Crippen LogP contribution in [0.3, 0.4) is 0 Å². The number of carboxylic acids is 1. The van der Waals surface area contributed by atoms with Crippen LogP contribution in [0.15, 0.2) is 36.4 Å². The van der Waals surface area contributed by atoms with Crippen molar-refractivity contribution in [1.82, 2.24) is 0 Å². The molecule has 0 aliphatic rings. The third-order valence-corrected chi connectivity index (χ3v) is 3.56. The molecule has 2 rings (SSSR count). The third-order valence-electron chi connectivity index (χ3n) is 3.56. The highest BCUT2D eigenvalue weighted by molar-refractivity contribution is 5.80. The summed E-state index contributed by atoms with van der Waals surface area (Å²) in [7, 11) is 0. The molecule has 0 aliphatic heterocycles. The molecule has 0 heterocycles. The zero-order valence-corrected chi connectivity index (χ0v) is 12.3.